The van der Waals surface area contributed by atoms with Crippen LogP contribution in [0.15, 0.2) is 60.9 Å². The van der Waals surface area contributed by atoms with Gasteiger partial charge in [-0.3, -0.25) is 4.90 Å². The number of aliphatic hydroxyl groups excluding tert-OH is 1. The number of nitrogens with one attached hydrogen (secondary N) is 1. The number of pyridine rings is 1. The first-order valence-electron chi connectivity index (χ1n) is 12.0. The van der Waals surface area contributed by atoms with Crippen LogP contribution in [0.3, 0.4) is 0 Å². The summed E-state index contributed by atoms with van der Waals surface area (Å²) in [5, 5.41) is 20.9. The SMILES string of the molecule is CCOc1ccccc1-c1c[nH]c2ncc(-c3ccc(O)c(CN4CCC(CO)CC4)c3)cc12. The van der Waals surface area contributed by atoms with Gasteiger partial charge in [0, 0.05) is 53.2 Å². The van der Waals surface area contributed by atoms with Crippen molar-refractivity contribution in [3.8, 4) is 33.8 Å². The number of hydrogen-bond acceptors (Lipinski definition) is 5. The fraction of sp³-hybridized carbons (Fsp3) is 0.321. The maximum absolute atomic E-state index is 10.5. The lowest BCUT2D eigenvalue weighted by molar-refractivity contribution is 0.127. The molecule has 1 aliphatic rings. The summed E-state index contributed by atoms with van der Waals surface area (Å²) in [6, 6.07) is 16.0. The molecule has 176 valence electrons. The average molecular weight is 458 g/mol. The number of aliphatic hydroxyl groups is 1. The van der Waals surface area contributed by atoms with E-state index in [0.717, 1.165) is 70.5 Å². The van der Waals surface area contributed by atoms with Crippen LogP contribution >= 0.6 is 0 Å². The monoisotopic (exact) mass is 457 g/mol. The smallest absolute Gasteiger partial charge is 0.137 e. The molecular weight excluding hydrogens is 426 g/mol. The summed E-state index contributed by atoms with van der Waals surface area (Å²) in [5.41, 5.74) is 5.86. The molecule has 1 aliphatic heterocycles. The number of nitrogens with zero attached hydrogens (tertiary/aromatic N) is 2. The van der Waals surface area contributed by atoms with E-state index in [-0.39, 0.29) is 6.61 Å². The van der Waals surface area contributed by atoms with Gasteiger partial charge in [-0.2, -0.15) is 0 Å². The molecule has 2 aromatic carbocycles. The second-order valence-electron chi connectivity index (χ2n) is 9.00. The Balaban J connectivity index is 1.46. The molecule has 34 heavy (non-hydrogen) atoms. The average Bonchev–Trinajstić information content (AvgIpc) is 3.29. The number of likely N-dealkylation sites (tertiary alicyclic amines) is 1. The second kappa shape index (κ2) is 9.87. The summed E-state index contributed by atoms with van der Waals surface area (Å²) in [6.45, 7) is 5.44. The van der Waals surface area contributed by atoms with E-state index in [1.165, 1.54) is 0 Å². The van der Waals surface area contributed by atoms with Crippen molar-refractivity contribution in [2.24, 2.45) is 5.92 Å². The molecule has 1 saturated heterocycles. The number of phenolic OH excluding ortho intramolecular Hbond substituents is 1. The first-order chi connectivity index (χ1) is 16.7. The molecule has 5 rings (SSSR count). The Morgan fingerprint density at radius 2 is 1.88 bits per heavy atom. The largest absolute Gasteiger partial charge is 0.508 e. The molecular formula is C28H31N3O3. The number of aromatic amines is 1. The van der Waals surface area contributed by atoms with Gasteiger partial charge in [0.05, 0.1) is 6.61 Å². The zero-order valence-electron chi connectivity index (χ0n) is 19.5. The van der Waals surface area contributed by atoms with Crippen molar-refractivity contribution >= 4 is 11.0 Å². The summed E-state index contributed by atoms with van der Waals surface area (Å²) >= 11 is 0. The van der Waals surface area contributed by atoms with Crippen LogP contribution in [0.25, 0.3) is 33.3 Å². The minimum Gasteiger partial charge on any atom is -0.508 e. The van der Waals surface area contributed by atoms with Gasteiger partial charge in [-0.25, -0.2) is 4.98 Å². The number of ether oxygens (including phenoxy) is 1. The quantitative estimate of drug-likeness (QED) is 0.355. The number of aromatic nitrogens is 2. The van der Waals surface area contributed by atoms with Gasteiger partial charge in [-0.1, -0.05) is 24.3 Å². The molecule has 2 aromatic heterocycles. The molecule has 6 nitrogen and oxygen atoms in total. The normalized spacial score (nSPS) is 15.1. The van der Waals surface area contributed by atoms with Crippen LogP contribution in [0, 0.1) is 5.92 Å². The highest BCUT2D eigenvalue weighted by atomic mass is 16.5. The summed E-state index contributed by atoms with van der Waals surface area (Å²) in [5.74, 6) is 1.57. The van der Waals surface area contributed by atoms with Crippen LogP contribution in [0.4, 0.5) is 0 Å². The number of H-pyrrole nitrogens is 1. The Hall–Kier alpha value is -3.35. The van der Waals surface area contributed by atoms with Gasteiger partial charge in [-0.05, 0) is 68.6 Å². The molecule has 3 N–H and O–H groups in total. The number of piperidine rings is 1. The Kier molecular flexibility index (Phi) is 6.52. The van der Waals surface area contributed by atoms with E-state index >= 15 is 0 Å². The fourth-order valence-corrected chi connectivity index (χ4v) is 4.81. The Morgan fingerprint density at radius 1 is 1.06 bits per heavy atom. The van der Waals surface area contributed by atoms with Crippen molar-refractivity contribution in [3.63, 3.8) is 0 Å². The van der Waals surface area contributed by atoms with Gasteiger partial charge in [0.1, 0.15) is 17.1 Å². The summed E-state index contributed by atoms with van der Waals surface area (Å²) in [6.07, 6.45) is 5.85. The molecule has 0 saturated carbocycles. The molecule has 0 amide bonds. The lowest BCUT2D eigenvalue weighted by Crippen LogP contribution is -2.34. The summed E-state index contributed by atoms with van der Waals surface area (Å²) < 4.78 is 5.86. The maximum Gasteiger partial charge on any atom is 0.137 e. The van der Waals surface area contributed by atoms with E-state index in [0.29, 0.717) is 24.8 Å². The first kappa shape index (κ1) is 22.4. The standard InChI is InChI=1S/C28H31N3O3/c1-2-34-27-6-4-3-5-23(27)25-16-30-28-24(25)14-21(15-29-28)20-7-8-26(33)22(13-20)17-31-11-9-19(18-32)10-12-31/h3-8,13-16,19,32-33H,2,9-12,17-18H2,1H3,(H,29,30). The molecule has 0 atom stereocenters. The third-order valence-corrected chi connectivity index (χ3v) is 6.78. The molecule has 0 bridgehead atoms. The number of benzene rings is 2. The zero-order valence-corrected chi connectivity index (χ0v) is 19.5. The Labute approximate surface area is 199 Å². The summed E-state index contributed by atoms with van der Waals surface area (Å²) in [7, 11) is 0. The van der Waals surface area contributed by atoms with Gasteiger partial charge in [0.15, 0.2) is 0 Å². The van der Waals surface area contributed by atoms with E-state index in [2.05, 4.69) is 33.1 Å². The highest BCUT2D eigenvalue weighted by Crippen LogP contribution is 2.37. The van der Waals surface area contributed by atoms with E-state index in [1.54, 1.807) is 6.07 Å². The minimum absolute atomic E-state index is 0.264. The van der Waals surface area contributed by atoms with Gasteiger partial charge < -0.3 is 19.9 Å². The number of fused-ring (bicyclic) bond motifs is 1. The number of para-hydroxylation sites is 1. The highest BCUT2D eigenvalue weighted by molar-refractivity contribution is 5.97. The van der Waals surface area contributed by atoms with Crippen molar-refractivity contribution < 1.29 is 14.9 Å². The molecule has 6 heteroatoms. The van der Waals surface area contributed by atoms with E-state index in [9.17, 15) is 10.2 Å². The van der Waals surface area contributed by atoms with Crippen molar-refractivity contribution in [2.45, 2.75) is 26.3 Å². The number of hydrogen-bond donors (Lipinski definition) is 3. The second-order valence-corrected chi connectivity index (χ2v) is 9.00. The molecule has 0 spiro atoms. The van der Waals surface area contributed by atoms with E-state index in [4.69, 9.17) is 4.74 Å². The van der Waals surface area contributed by atoms with Gasteiger partial charge in [0.2, 0.25) is 0 Å². The predicted octanol–water partition coefficient (Wildman–Crippen LogP) is 5.21. The molecule has 4 aromatic rings. The van der Waals surface area contributed by atoms with Crippen LogP contribution in [-0.2, 0) is 6.54 Å². The molecule has 0 unspecified atom stereocenters. The van der Waals surface area contributed by atoms with Crippen LogP contribution < -0.4 is 4.74 Å². The van der Waals surface area contributed by atoms with Crippen LogP contribution in [0.2, 0.25) is 0 Å². The Morgan fingerprint density at radius 3 is 2.68 bits per heavy atom. The number of aromatic hydroxyl groups is 1. The first-order valence-corrected chi connectivity index (χ1v) is 12.0. The van der Waals surface area contributed by atoms with Crippen molar-refractivity contribution in [1.29, 1.82) is 0 Å². The zero-order chi connectivity index (χ0) is 23.5. The van der Waals surface area contributed by atoms with Gasteiger partial charge >= 0.3 is 0 Å². The highest BCUT2D eigenvalue weighted by Gasteiger charge is 2.20. The molecule has 0 aliphatic carbocycles. The fourth-order valence-electron chi connectivity index (χ4n) is 4.81. The predicted molar refractivity (Wildman–Crippen MR) is 135 cm³/mol. The third kappa shape index (κ3) is 4.52. The lowest BCUT2D eigenvalue weighted by atomic mass is 9.96. The van der Waals surface area contributed by atoms with Gasteiger partial charge in [0.25, 0.3) is 0 Å². The maximum atomic E-state index is 10.5. The van der Waals surface area contributed by atoms with Crippen LogP contribution in [-0.4, -0.2) is 51.4 Å². The summed E-state index contributed by atoms with van der Waals surface area (Å²) in [4.78, 5) is 10.3. The molecule has 0 radical (unpaired) electrons. The van der Waals surface area contributed by atoms with Crippen LogP contribution in [0.5, 0.6) is 11.5 Å². The van der Waals surface area contributed by atoms with E-state index < -0.39 is 0 Å². The van der Waals surface area contributed by atoms with Gasteiger partial charge in [-0.15, -0.1) is 0 Å². The minimum atomic E-state index is 0.264. The van der Waals surface area contributed by atoms with Crippen LogP contribution in [0.1, 0.15) is 25.3 Å². The van der Waals surface area contributed by atoms with Crippen molar-refractivity contribution in [2.75, 3.05) is 26.3 Å². The number of phenols is 1. The molecule has 3 heterocycles. The number of rotatable bonds is 7. The van der Waals surface area contributed by atoms with E-state index in [1.807, 2.05) is 43.6 Å². The molecule has 1 fully saturated rings. The lowest BCUT2D eigenvalue weighted by Gasteiger charge is -2.31. The van der Waals surface area contributed by atoms with Crippen molar-refractivity contribution in [1.82, 2.24) is 14.9 Å². The Bertz CT molecular complexity index is 1280. The third-order valence-electron chi connectivity index (χ3n) is 6.78. The topological polar surface area (TPSA) is 81.6 Å². The van der Waals surface area contributed by atoms with Crippen molar-refractivity contribution in [3.05, 3.63) is 66.5 Å².